The van der Waals surface area contributed by atoms with Crippen molar-refractivity contribution in [2.45, 2.75) is 19.9 Å². The van der Waals surface area contributed by atoms with Crippen molar-refractivity contribution >= 4 is 23.5 Å². The molecule has 27 heavy (non-hydrogen) atoms. The van der Waals surface area contributed by atoms with Crippen LogP contribution in [-0.4, -0.2) is 27.8 Å². The van der Waals surface area contributed by atoms with Crippen molar-refractivity contribution in [3.63, 3.8) is 0 Å². The number of halogens is 1. The maximum Gasteiger partial charge on any atom is 0.338 e. The third kappa shape index (κ3) is 2.90. The first-order chi connectivity index (χ1) is 13.0. The largest absolute Gasteiger partial charge is 0.466 e. The molecule has 0 amide bonds. The van der Waals surface area contributed by atoms with Gasteiger partial charge < -0.3 is 14.5 Å². The first-order valence-corrected chi connectivity index (χ1v) is 8.69. The summed E-state index contributed by atoms with van der Waals surface area (Å²) in [5.41, 5.74) is 2.90. The summed E-state index contributed by atoms with van der Waals surface area (Å²) in [5, 5.41) is 7.97. The van der Waals surface area contributed by atoms with Gasteiger partial charge in [-0.15, -0.1) is 0 Å². The van der Waals surface area contributed by atoms with E-state index in [9.17, 15) is 4.79 Å². The van der Waals surface area contributed by atoms with Gasteiger partial charge in [-0.25, -0.2) is 9.48 Å². The van der Waals surface area contributed by atoms with E-state index in [0.717, 1.165) is 11.1 Å². The highest BCUT2D eigenvalue weighted by atomic mass is 35.5. The fraction of sp³-hybridized carbons (Fsp3) is 0.211. The first-order valence-electron chi connectivity index (χ1n) is 8.31. The van der Waals surface area contributed by atoms with Crippen molar-refractivity contribution < 1.29 is 13.9 Å². The molecule has 3 heterocycles. The van der Waals surface area contributed by atoms with Crippen LogP contribution in [0.4, 0.5) is 5.95 Å². The van der Waals surface area contributed by atoms with E-state index in [0.29, 0.717) is 33.8 Å². The average Bonchev–Trinajstić information content (AvgIpc) is 3.31. The summed E-state index contributed by atoms with van der Waals surface area (Å²) in [5.74, 6) is 1.27. The summed E-state index contributed by atoms with van der Waals surface area (Å²) in [7, 11) is 1.35. The van der Waals surface area contributed by atoms with Gasteiger partial charge in [-0.1, -0.05) is 23.7 Å². The maximum absolute atomic E-state index is 12.4. The topological polar surface area (TPSA) is 82.2 Å². The molecule has 1 atom stereocenters. The van der Waals surface area contributed by atoms with E-state index in [-0.39, 0.29) is 0 Å². The Bertz CT molecular complexity index is 1070. The van der Waals surface area contributed by atoms with E-state index in [4.69, 9.17) is 20.8 Å². The Kier molecular flexibility index (Phi) is 4.24. The molecule has 2 aromatic heterocycles. The number of rotatable bonds is 3. The highest BCUT2D eigenvalue weighted by Crippen LogP contribution is 2.37. The quantitative estimate of drug-likeness (QED) is 0.688. The molecule has 7 nitrogen and oxygen atoms in total. The molecular weight excluding hydrogens is 368 g/mol. The number of aryl methyl sites for hydroxylation is 1. The monoisotopic (exact) mass is 384 g/mol. The second-order valence-electron chi connectivity index (χ2n) is 6.25. The first kappa shape index (κ1) is 17.4. The van der Waals surface area contributed by atoms with Gasteiger partial charge in [-0.2, -0.15) is 10.1 Å². The van der Waals surface area contributed by atoms with Crippen LogP contribution in [0.25, 0.3) is 11.3 Å². The van der Waals surface area contributed by atoms with E-state index >= 15 is 0 Å². The molecule has 0 spiro atoms. The van der Waals surface area contributed by atoms with Gasteiger partial charge >= 0.3 is 5.97 Å². The number of methoxy groups -OCH3 is 1. The highest BCUT2D eigenvalue weighted by molar-refractivity contribution is 6.31. The van der Waals surface area contributed by atoms with Crippen LogP contribution < -0.4 is 5.32 Å². The molecule has 3 aromatic rings. The number of aromatic nitrogens is 3. The van der Waals surface area contributed by atoms with Crippen molar-refractivity contribution in [2.75, 3.05) is 12.4 Å². The zero-order chi connectivity index (χ0) is 19.1. The van der Waals surface area contributed by atoms with Gasteiger partial charge in [0.25, 0.3) is 0 Å². The number of benzene rings is 1. The molecule has 0 aliphatic carbocycles. The number of hydrogen-bond acceptors (Lipinski definition) is 6. The molecule has 0 unspecified atom stereocenters. The summed E-state index contributed by atoms with van der Waals surface area (Å²) < 4.78 is 12.7. The maximum atomic E-state index is 12.4. The standard InChI is InChI=1S/C19H17ClN4O3/c1-10-4-5-12(8-13(10)20)14-6-7-15(27-14)17-16(18(25)26-3)11(2)23-19-21-9-22-24(17)19/h4-9,17H,1-3H3,(H,21,22,23)/t17-/m0/s1. The lowest BCUT2D eigenvalue weighted by Gasteiger charge is -2.26. The molecule has 0 saturated heterocycles. The van der Waals surface area contributed by atoms with Crippen LogP contribution >= 0.6 is 11.6 Å². The van der Waals surface area contributed by atoms with Crippen molar-refractivity contribution in [3.05, 3.63) is 64.3 Å². The van der Waals surface area contributed by atoms with Crippen LogP contribution in [0.1, 0.15) is 24.3 Å². The smallest absolute Gasteiger partial charge is 0.338 e. The molecule has 8 heteroatoms. The van der Waals surface area contributed by atoms with Gasteiger partial charge in [0.05, 0.1) is 12.7 Å². The minimum Gasteiger partial charge on any atom is -0.466 e. The Labute approximate surface area is 160 Å². The lowest BCUT2D eigenvalue weighted by Crippen LogP contribution is -2.29. The van der Waals surface area contributed by atoms with E-state index in [1.807, 2.05) is 37.3 Å². The average molecular weight is 385 g/mol. The normalized spacial score (nSPS) is 16.1. The molecule has 0 radical (unpaired) electrons. The summed E-state index contributed by atoms with van der Waals surface area (Å²) in [6.07, 6.45) is 1.42. The van der Waals surface area contributed by atoms with Gasteiger partial charge in [0, 0.05) is 16.3 Å². The lowest BCUT2D eigenvalue weighted by atomic mass is 10.0. The van der Waals surface area contributed by atoms with Gasteiger partial charge in [-0.05, 0) is 37.6 Å². The molecule has 0 saturated carbocycles. The fourth-order valence-corrected chi connectivity index (χ4v) is 3.31. The second-order valence-corrected chi connectivity index (χ2v) is 6.66. The molecule has 1 aliphatic rings. The number of esters is 1. The van der Waals surface area contributed by atoms with E-state index in [1.165, 1.54) is 13.4 Å². The number of allylic oxidation sites excluding steroid dienone is 1. The van der Waals surface area contributed by atoms with Crippen LogP contribution in [-0.2, 0) is 9.53 Å². The number of ether oxygens (including phenoxy) is 1. The number of carbonyl (C=O) groups excluding carboxylic acids is 1. The SMILES string of the molecule is COC(=O)C1=C(C)Nc2ncnn2[C@H]1c1ccc(-c2ccc(C)c(Cl)c2)o1. The van der Waals surface area contributed by atoms with Crippen molar-refractivity contribution in [2.24, 2.45) is 0 Å². The zero-order valence-corrected chi connectivity index (χ0v) is 15.7. The van der Waals surface area contributed by atoms with Gasteiger partial charge in [-0.3, -0.25) is 0 Å². The summed E-state index contributed by atoms with van der Waals surface area (Å²) in [6, 6.07) is 8.82. The van der Waals surface area contributed by atoms with Crippen LogP contribution in [0.5, 0.6) is 0 Å². The number of nitrogens with zero attached hydrogens (tertiary/aromatic N) is 3. The number of carbonyl (C=O) groups is 1. The van der Waals surface area contributed by atoms with Crippen molar-refractivity contribution in [1.29, 1.82) is 0 Å². The predicted molar refractivity (Wildman–Crippen MR) is 100 cm³/mol. The molecule has 1 aliphatic heterocycles. The minimum absolute atomic E-state index is 0.415. The zero-order valence-electron chi connectivity index (χ0n) is 15.0. The third-order valence-corrected chi connectivity index (χ3v) is 4.96. The van der Waals surface area contributed by atoms with Gasteiger partial charge in [0.15, 0.2) is 0 Å². The van der Waals surface area contributed by atoms with Crippen molar-refractivity contribution in [1.82, 2.24) is 14.8 Å². The number of anilines is 1. The van der Waals surface area contributed by atoms with Gasteiger partial charge in [0.1, 0.15) is 23.9 Å². The third-order valence-electron chi connectivity index (χ3n) is 4.55. The summed E-state index contributed by atoms with van der Waals surface area (Å²) >= 11 is 6.23. The summed E-state index contributed by atoms with van der Waals surface area (Å²) in [6.45, 7) is 3.73. The van der Waals surface area contributed by atoms with E-state index < -0.39 is 12.0 Å². The number of nitrogens with one attached hydrogen (secondary N) is 1. The fourth-order valence-electron chi connectivity index (χ4n) is 3.13. The highest BCUT2D eigenvalue weighted by Gasteiger charge is 2.36. The molecule has 138 valence electrons. The Morgan fingerprint density at radius 1 is 1.30 bits per heavy atom. The molecule has 4 rings (SSSR count). The van der Waals surface area contributed by atoms with Gasteiger partial charge in [0.2, 0.25) is 5.95 Å². The van der Waals surface area contributed by atoms with Crippen LogP contribution in [0.3, 0.4) is 0 Å². The van der Waals surface area contributed by atoms with E-state index in [2.05, 4.69) is 15.4 Å². The molecule has 0 bridgehead atoms. The van der Waals surface area contributed by atoms with Crippen LogP contribution in [0.15, 0.2) is 52.3 Å². The Morgan fingerprint density at radius 3 is 2.85 bits per heavy atom. The molecule has 1 N–H and O–H groups in total. The Hall–Kier alpha value is -3.06. The number of furan rings is 1. The van der Waals surface area contributed by atoms with Crippen molar-refractivity contribution in [3.8, 4) is 11.3 Å². The van der Waals surface area contributed by atoms with E-state index in [1.54, 1.807) is 11.6 Å². The number of fused-ring (bicyclic) bond motifs is 1. The molecule has 0 fully saturated rings. The predicted octanol–water partition coefficient (Wildman–Crippen LogP) is 3.96. The molecular formula is C19H17ClN4O3. The summed E-state index contributed by atoms with van der Waals surface area (Å²) in [4.78, 5) is 16.6. The van der Waals surface area contributed by atoms with Crippen LogP contribution in [0.2, 0.25) is 5.02 Å². The molecule has 1 aromatic carbocycles. The van der Waals surface area contributed by atoms with Crippen LogP contribution in [0, 0.1) is 6.92 Å². The Balaban J connectivity index is 1.81. The minimum atomic E-state index is -0.578. The lowest BCUT2D eigenvalue weighted by molar-refractivity contribution is -0.136. The second kappa shape index (κ2) is 6.59. The Morgan fingerprint density at radius 2 is 2.11 bits per heavy atom. The number of hydrogen-bond donors (Lipinski definition) is 1.